The fourth-order valence-corrected chi connectivity index (χ4v) is 1.77. The maximum atomic E-state index is 6.03. The maximum absolute atomic E-state index is 6.03. The number of hydrogen-bond acceptors (Lipinski definition) is 4. The lowest BCUT2D eigenvalue weighted by Gasteiger charge is -2.05. The first-order chi connectivity index (χ1) is 8.15. The second-order valence-corrected chi connectivity index (χ2v) is 4.42. The van der Waals surface area contributed by atoms with Crippen LogP contribution >= 0.6 is 23.2 Å². The molecule has 0 amide bonds. The highest BCUT2D eigenvalue weighted by molar-refractivity contribution is 6.33. The van der Waals surface area contributed by atoms with Crippen molar-refractivity contribution in [3.05, 3.63) is 45.5 Å². The molecule has 6 heteroatoms. The van der Waals surface area contributed by atoms with Crippen molar-refractivity contribution in [3.8, 4) is 0 Å². The molecular weight excluding hydrogens is 261 g/mol. The first-order valence-electron chi connectivity index (χ1n) is 5.09. The average Bonchev–Trinajstić information content (AvgIpc) is 2.69. The summed E-state index contributed by atoms with van der Waals surface area (Å²) < 4.78 is 4.97. The van der Waals surface area contributed by atoms with E-state index in [2.05, 4.69) is 15.5 Å². The van der Waals surface area contributed by atoms with Crippen LogP contribution in [0.15, 0.2) is 22.7 Å². The number of nitrogens with one attached hydrogen (secondary N) is 1. The average molecular weight is 272 g/mol. The molecule has 0 saturated carbocycles. The van der Waals surface area contributed by atoms with Gasteiger partial charge in [-0.25, -0.2) is 0 Å². The summed E-state index contributed by atoms with van der Waals surface area (Å²) >= 11 is 11.9. The molecule has 1 aromatic heterocycles. The number of benzene rings is 1. The Balaban J connectivity index is 1.91. The van der Waals surface area contributed by atoms with Gasteiger partial charge < -0.3 is 9.84 Å². The molecule has 0 unspecified atom stereocenters. The van der Waals surface area contributed by atoms with E-state index in [4.69, 9.17) is 27.7 Å². The monoisotopic (exact) mass is 271 g/mol. The number of halogens is 2. The normalized spacial score (nSPS) is 10.8. The Bertz CT molecular complexity index is 513. The first-order valence-corrected chi connectivity index (χ1v) is 5.84. The summed E-state index contributed by atoms with van der Waals surface area (Å²) in [4.78, 5) is 4.08. The number of nitrogens with zero attached hydrogens (tertiary/aromatic N) is 2. The Morgan fingerprint density at radius 2 is 2.12 bits per heavy atom. The molecule has 2 rings (SSSR count). The van der Waals surface area contributed by atoms with E-state index in [9.17, 15) is 0 Å². The first kappa shape index (κ1) is 12.4. The van der Waals surface area contributed by atoms with E-state index >= 15 is 0 Å². The number of hydrogen-bond donors (Lipinski definition) is 1. The minimum atomic E-state index is 0.504. The molecule has 1 N–H and O–H groups in total. The summed E-state index contributed by atoms with van der Waals surface area (Å²) in [5, 5.41) is 8.21. The van der Waals surface area contributed by atoms with Gasteiger partial charge in [0.1, 0.15) is 0 Å². The van der Waals surface area contributed by atoms with Crippen molar-refractivity contribution in [1.82, 2.24) is 15.5 Å². The standard InChI is InChI=1S/C11H11Cl2N3O/c1-7-15-11(17-16-7)6-14-5-8-4-9(12)2-3-10(8)13/h2-4,14H,5-6H2,1H3. The number of aromatic nitrogens is 2. The summed E-state index contributed by atoms with van der Waals surface area (Å²) in [7, 11) is 0. The van der Waals surface area contributed by atoms with Gasteiger partial charge in [0, 0.05) is 16.6 Å². The van der Waals surface area contributed by atoms with Crippen LogP contribution in [0.3, 0.4) is 0 Å². The van der Waals surface area contributed by atoms with Gasteiger partial charge in [-0.05, 0) is 30.7 Å². The molecule has 17 heavy (non-hydrogen) atoms. The second kappa shape index (κ2) is 5.49. The van der Waals surface area contributed by atoms with E-state index in [1.54, 1.807) is 19.1 Å². The highest BCUT2D eigenvalue weighted by Gasteiger charge is 2.04. The molecule has 0 fully saturated rings. The zero-order valence-corrected chi connectivity index (χ0v) is 10.7. The van der Waals surface area contributed by atoms with Gasteiger partial charge in [0.05, 0.1) is 6.54 Å². The minimum Gasteiger partial charge on any atom is -0.338 e. The lowest BCUT2D eigenvalue weighted by atomic mass is 10.2. The van der Waals surface area contributed by atoms with Gasteiger partial charge in [-0.2, -0.15) is 4.98 Å². The fraction of sp³-hybridized carbons (Fsp3) is 0.273. The van der Waals surface area contributed by atoms with Crippen LogP contribution in [-0.2, 0) is 13.1 Å². The third kappa shape index (κ3) is 3.43. The third-order valence-corrected chi connectivity index (χ3v) is 2.77. The smallest absolute Gasteiger partial charge is 0.240 e. The van der Waals surface area contributed by atoms with Crippen LogP contribution < -0.4 is 5.32 Å². The predicted octanol–water partition coefficient (Wildman–Crippen LogP) is 2.97. The lowest BCUT2D eigenvalue weighted by Crippen LogP contribution is -2.13. The van der Waals surface area contributed by atoms with Crippen molar-refractivity contribution < 1.29 is 4.52 Å². The summed E-state index contributed by atoms with van der Waals surface area (Å²) in [5.41, 5.74) is 0.940. The molecular formula is C11H11Cl2N3O. The Morgan fingerprint density at radius 3 is 2.82 bits per heavy atom. The largest absolute Gasteiger partial charge is 0.338 e. The van der Waals surface area contributed by atoms with Crippen molar-refractivity contribution in [3.63, 3.8) is 0 Å². The van der Waals surface area contributed by atoms with Crippen LogP contribution in [0.25, 0.3) is 0 Å². The van der Waals surface area contributed by atoms with Crippen LogP contribution in [-0.4, -0.2) is 10.1 Å². The molecule has 0 bridgehead atoms. The van der Waals surface area contributed by atoms with Gasteiger partial charge in [-0.1, -0.05) is 28.4 Å². The zero-order valence-electron chi connectivity index (χ0n) is 9.20. The molecule has 0 radical (unpaired) electrons. The molecule has 0 atom stereocenters. The van der Waals surface area contributed by atoms with Gasteiger partial charge in [-0.3, -0.25) is 0 Å². The Kier molecular flexibility index (Phi) is 3.99. The molecule has 0 saturated heterocycles. The van der Waals surface area contributed by atoms with Crippen molar-refractivity contribution in [2.24, 2.45) is 0 Å². The third-order valence-electron chi connectivity index (χ3n) is 2.17. The van der Waals surface area contributed by atoms with E-state index in [0.29, 0.717) is 34.8 Å². The van der Waals surface area contributed by atoms with Crippen molar-refractivity contribution in [2.45, 2.75) is 20.0 Å². The van der Waals surface area contributed by atoms with Crippen LogP contribution in [0.4, 0.5) is 0 Å². The lowest BCUT2D eigenvalue weighted by molar-refractivity contribution is 0.364. The predicted molar refractivity (Wildman–Crippen MR) is 66.0 cm³/mol. The molecule has 0 aliphatic carbocycles. The quantitative estimate of drug-likeness (QED) is 0.929. The highest BCUT2D eigenvalue weighted by Crippen LogP contribution is 2.20. The SMILES string of the molecule is Cc1noc(CNCc2cc(Cl)ccc2Cl)n1. The van der Waals surface area contributed by atoms with Gasteiger partial charge in [0.25, 0.3) is 0 Å². The Labute approximate surface area is 109 Å². The van der Waals surface area contributed by atoms with E-state index in [-0.39, 0.29) is 0 Å². The molecule has 0 aliphatic heterocycles. The topological polar surface area (TPSA) is 51.0 Å². The molecule has 1 heterocycles. The van der Waals surface area contributed by atoms with Crippen LogP contribution in [0.1, 0.15) is 17.3 Å². The minimum absolute atomic E-state index is 0.504. The molecule has 0 spiro atoms. The molecule has 2 aromatic rings. The van der Waals surface area contributed by atoms with E-state index in [0.717, 1.165) is 5.56 Å². The number of aryl methyl sites for hydroxylation is 1. The van der Waals surface area contributed by atoms with Crippen LogP contribution in [0.5, 0.6) is 0 Å². The van der Waals surface area contributed by atoms with Gasteiger partial charge in [0.2, 0.25) is 5.89 Å². The van der Waals surface area contributed by atoms with Crippen LogP contribution in [0, 0.1) is 6.92 Å². The summed E-state index contributed by atoms with van der Waals surface area (Å²) in [6.45, 7) is 2.88. The van der Waals surface area contributed by atoms with Gasteiger partial charge >= 0.3 is 0 Å². The van der Waals surface area contributed by atoms with Gasteiger partial charge in [0.15, 0.2) is 5.82 Å². The summed E-state index contributed by atoms with van der Waals surface area (Å²) in [6, 6.07) is 5.36. The van der Waals surface area contributed by atoms with Crippen LogP contribution in [0.2, 0.25) is 10.0 Å². The Hall–Kier alpha value is -1.10. The molecule has 4 nitrogen and oxygen atoms in total. The Morgan fingerprint density at radius 1 is 1.29 bits per heavy atom. The van der Waals surface area contributed by atoms with Crippen molar-refractivity contribution in [2.75, 3.05) is 0 Å². The highest BCUT2D eigenvalue weighted by atomic mass is 35.5. The van der Waals surface area contributed by atoms with Crippen molar-refractivity contribution in [1.29, 1.82) is 0 Å². The molecule has 0 aliphatic rings. The van der Waals surface area contributed by atoms with E-state index in [1.807, 2.05) is 6.07 Å². The molecule has 1 aromatic carbocycles. The fourth-order valence-electron chi connectivity index (χ4n) is 1.39. The maximum Gasteiger partial charge on any atom is 0.240 e. The zero-order chi connectivity index (χ0) is 12.3. The van der Waals surface area contributed by atoms with Crippen molar-refractivity contribution >= 4 is 23.2 Å². The summed E-state index contributed by atoms with van der Waals surface area (Å²) in [5.74, 6) is 1.18. The number of rotatable bonds is 4. The summed E-state index contributed by atoms with van der Waals surface area (Å²) in [6.07, 6.45) is 0. The molecule has 90 valence electrons. The van der Waals surface area contributed by atoms with E-state index < -0.39 is 0 Å². The van der Waals surface area contributed by atoms with E-state index in [1.165, 1.54) is 0 Å². The van der Waals surface area contributed by atoms with Gasteiger partial charge in [-0.15, -0.1) is 0 Å². The second-order valence-electron chi connectivity index (χ2n) is 3.57.